The zero-order chi connectivity index (χ0) is 23.8. The van der Waals surface area contributed by atoms with Gasteiger partial charge in [0.05, 0.1) is 12.1 Å². The average molecular weight is 473 g/mol. The summed E-state index contributed by atoms with van der Waals surface area (Å²) in [5.74, 6) is -1.24. The number of carboxylic acid groups (broad SMARTS) is 1. The third-order valence-electron chi connectivity index (χ3n) is 5.20. The van der Waals surface area contributed by atoms with Crippen LogP contribution in [0.3, 0.4) is 0 Å². The van der Waals surface area contributed by atoms with Crippen molar-refractivity contribution in [3.05, 3.63) is 106 Å². The molecule has 0 saturated carbocycles. The van der Waals surface area contributed by atoms with Crippen LogP contribution in [0.25, 0.3) is 0 Å². The number of anilines is 2. The van der Waals surface area contributed by atoms with Crippen LogP contribution >= 0.6 is 11.3 Å². The van der Waals surface area contributed by atoms with E-state index in [1.807, 2.05) is 48.7 Å². The first-order valence-corrected chi connectivity index (χ1v) is 11.7. The summed E-state index contributed by atoms with van der Waals surface area (Å²) in [7, 11) is 0. The Morgan fingerprint density at radius 1 is 0.912 bits per heavy atom. The maximum atomic E-state index is 12.5. The Balaban J connectivity index is 1.32. The second kappa shape index (κ2) is 11.2. The maximum absolute atomic E-state index is 12.5. The van der Waals surface area contributed by atoms with Crippen molar-refractivity contribution in [2.75, 3.05) is 10.6 Å². The molecule has 0 aliphatic carbocycles. The van der Waals surface area contributed by atoms with Gasteiger partial charge in [-0.2, -0.15) is 0 Å². The predicted octanol–water partition coefficient (Wildman–Crippen LogP) is 4.81. The second-order valence-corrected chi connectivity index (χ2v) is 8.56. The van der Waals surface area contributed by atoms with Crippen LogP contribution in [0, 0.1) is 0 Å². The van der Waals surface area contributed by atoms with Crippen molar-refractivity contribution in [3.8, 4) is 0 Å². The quantitative estimate of drug-likeness (QED) is 0.306. The highest BCUT2D eigenvalue weighted by molar-refractivity contribution is 7.14. The fourth-order valence-electron chi connectivity index (χ4n) is 3.46. The molecule has 2 aromatic carbocycles. The van der Waals surface area contributed by atoms with Crippen LogP contribution in [-0.2, 0) is 30.6 Å². The molecule has 3 N–H and O–H groups in total. The lowest BCUT2D eigenvalue weighted by molar-refractivity contribution is -0.136. The van der Waals surface area contributed by atoms with E-state index in [4.69, 9.17) is 5.11 Å². The van der Waals surface area contributed by atoms with Gasteiger partial charge in [0.25, 0.3) is 5.91 Å². The van der Waals surface area contributed by atoms with Crippen molar-refractivity contribution < 1.29 is 14.7 Å². The van der Waals surface area contributed by atoms with Crippen LogP contribution in [0.4, 0.5) is 10.8 Å². The molecular formula is C26H24N4O3S. The highest BCUT2D eigenvalue weighted by Crippen LogP contribution is 2.20. The first-order chi connectivity index (χ1) is 16.6. The standard InChI is InChI=1S/C26H24N4O3S/c31-24(32)15-22-17-34-26(29-22)30-25(33)20-10-8-18(9-11-20)16-28-23-7-2-1-5-19(23)12-13-21-6-3-4-14-27-21/h1-11,14,17,28H,12-13,15-16H2,(H,31,32)(H,29,30,33). The molecule has 0 aliphatic rings. The molecule has 0 bridgehead atoms. The Morgan fingerprint density at radius 2 is 1.71 bits per heavy atom. The lowest BCUT2D eigenvalue weighted by Crippen LogP contribution is -2.12. The van der Waals surface area contributed by atoms with E-state index in [-0.39, 0.29) is 12.3 Å². The van der Waals surface area contributed by atoms with Gasteiger partial charge >= 0.3 is 5.97 Å². The average Bonchev–Trinajstić information content (AvgIpc) is 3.28. The highest BCUT2D eigenvalue weighted by atomic mass is 32.1. The summed E-state index contributed by atoms with van der Waals surface area (Å²) in [5, 5.41) is 17.1. The van der Waals surface area contributed by atoms with Crippen molar-refractivity contribution in [1.29, 1.82) is 0 Å². The number of pyridine rings is 1. The number of aromatic nitrogens is 2. The fraction of sp³-hybridized carbons (Fsp3) is 0.154. The number of thiazole rings is 1. The molecule has 0 unspecified atom stereocenters. The number of para-hydroxylation sites is 1. The Kier molecular flexibility index (Phi) is 7.62. The van der Waals surface area contributed by atoms with Crippen LogP contribution in [0.2, 0.25) is 0 Å². The monoisotopic (exact) mass is 472 g/mol. The molecule has 0 fully saturated rings. The minimum absolute atomic E-state index is 0.166. The number of hydrogen-bond acceptors (Lipinski definition) is 6. The Labute approximate surface area is 201 Å². The number of carboxylic acids is 1. The van der Waals surface area contributed by atoms with E-state index >= 15 is 0 Å². The zero-order valence-electron chi connectivity index (χ0n) is 18.4. The number of benzene rings is 2. The van der Waals surface area contributed by atoms with E-state index < -0.39 is 5.97 Å². The molecule has 7 nitrogen and oxygen atoms in total. The molecule has 0 spiro atoms. The van der Waals surface area contributed by atoms with Gasteiger partial charge in [-0.25, -0.2) is 4.98 Å². The highest BCUT2D eigenvalue weighted by Gasteiger charge is 2.11. The number of carbonyl (C=O) groups is 2. The molecule has 1 amide bonds. The summed E-state index contributed by atoms with van der Waals surface area (Å²) < 4.78 is 0. The van der Waals surface area contributed by atoms with Gasteiger partial charge in [-0.15, -0.1) is 11.3 Å². The van der Waals surface area contributed by atoms with E-state index in [2.05, 4.69) is 32.7 Å². The maximum Gasteiger partial charge on any atom is 0.309 e. The molecule has 0 aliphatic heterocycles. The number of nitrogens with one attached hydrogen (secondary N) is 2. The van der Waals surface area contributed by atoms with Gasteiger partial charge in [-0.1, -0.05) is 36.4 Å². The summed E-state index contributed by atoms with van der Waals surface area (Å²) in [6, 6.07) is 21.6. The predicted molar refractivity (Wildman–Crippen MR) is 133 cm³/mol. The van der Waals surface area contributed by atoms with Gasteiger partial charge in [0.1, 0.15) is 0 Å². The van der Waals surface area contributed by atoms with Crippen molar-refractivity contribution >= 4 is 34.0 Å². The molecule has 172 valence electrons. The molecule has 0 saturated heterocycles. The molecule has 8 heteroatoms. The summed E-state index contributed by atoms with van der Waals surface area (Å²) in [6.07, 6.45) is 3.42. The molecule has 34 heavy (non-hydrogen) atoms. The molecule has 4 aromatic rings. The van der Waals surface area contributed by atoms with Gasteiger partial charge in [-0.3, -0.25) is 19.9 Å². The van der Waals surface area contributed by atoms with Crippen molar-refractivity contribution in [3.63, 3.8) is 0 Å². The first-order valence-electron chi connectivity index (χ1n) is 10.8. The van der Waals surface area contributed by atoms with Gasteiger partial charge in [-0.05, 0) is 54.3 Å². The van der Waals surface area contributed by atoms with Crippen LogP contribution in [0.5, 0.6) is 0 Å². The largest absolute Gasteiger partial charge is 0.481 e. The third kappa shape index (κ3) is 6.49. The van der Waals surface area contributed by atoms with Crippen LogP contribution in [0.1, 0.15) is 32.9 Å². The van der Waals surface area contributed by atoms with Gasteiger partial charge < -0.3 is 10.4 Å². The normalized spacial score (nSPS) is 10.6. The Bertz CT molecular complexity index is 1260. The second-order valence-electron chi connectivity index (χ2n) is 7.70. The van der Waals surface area contributed by atoms with E-state index in [1.54, 1.807) is 17.5 Å². The van der Waals surface area contributed by atoms with E-state index in [0.29, 0.717) is 22.9 Å². The number of nitrogens with zero attached hydrogens (tertiary/aromatic N) is 2. The SMILES string of the molecule is O=C(O)Cc1csc(NC(=O)c2ccc(CNc3ccccc3CCc3ccccn3)cc2)n1. The number of hydrogen-bond donors (Lipinski definition) is 3. The molecule has 0 radical (unpaired) electrons. The minimum Gasteiger partial charge on any atom is -0.481 e. The lowest BCUT2D eigenvalue weighted by Gasteiger charge is -2.12. The molecule has 4 rings (SSSR count). The topological polar surface area (TPSA) is 104 Å². The van der Waals surface area contributed by atoms with Gasteiger partial charge in [0.15, 0.2) is 5.13 Å². The summed E-state index contributed by atoms with van der Waals surface area (Å²) in [4.78, 5) is 31.8. The van der Waals surface area contributed by atoms with Crippen molar-refractivity contribution in [2.24, 2.45) is 0 Å². The van der Waals surface area contributed by atoms with Gasteiger partial charge in [0.2, 0.25) is 0 Å². The molecule has 2 aromatic heterocycles. The Hall–Kier alpha value is -4.04. The zero-order valence-corrected chi connectivity index (χ0v) is 19.2. The van der Waals surface area contributed by atoms with Crippen LogP contribution in [-0.4, -0.2) is 27.0 Å². The number of aliphatic carboxylic acids is 1. The number of aryl methyl sites for hydroxylation is 2. The minimum atomic E-state index is -0.955. The lowest BCUT2D eigenvalue weighted by atomic mass is 10.1. The molecule has 0 atom stereocenters. The van der Waals surface area contributed by atoms with E-state index in [0.717, 1.165) is 29.8 Å². The Morgan fingerprint density at radius 3 is 2.47 bits per heavy atom. The van der Waals surface area contributed by atoms with E-state index in [1.165, 1.54) is 16.9 Å². The number of carbonyl (C=O) groups excluding carboxylic acids is 1. The third-order valence-corrected chi connectivity index (χ3v) is 6.00. The van der Waals surface area contributed by atoms with Crippen molar-refractivity contribution in [1.82, 2.24) is 9.97 Å². The van der Waals surface area contributed by atoms with Crippen molar-refractivity contribution in [2.45, 2.75) is 25.8 Å². The van der Waals surface area contributed by atoms with Gasteiger partial charge in [0, 0.05) is 35.1 Å². The number of amides is 1. The number of rotatable bonds is 10. The summed E-state index contributed by atoms with van der Waals surface area (Å²) in [5.41, 5.74) is 5.37. The van der Waals surface area contributed by atoms with Crippen LogP contribution in [0.15, 0.2) is 78.3 Å². The first kappa shape index (κ1) is 23.1. The molecule has 2 heterocycles. The smallest absolute Gasteiger partial charge is 0.309 e. The fourth-order valence-corrected chi connectivity index (χ4v) is 4.17. The summed E-state index contributed by atoms with van der Waals surface area (Å²) in [6.45, 7) is 0.632. The van der Waals surface area contributed by atoms with E-state index in [9.17, 15) is 9.59 Å². The summed E-state index contributed by atoms with van der Waals surface area (Å²) >= 11 is 1.21. The van der Waals surface area contributed by atoms with Crippen LogP contribution < -0.4 is 10.6 Å². The molecular weight excluding hydrogens is 448 g/mol.